The van der Waals surface area contributed by atoms with Crippen LogP contribution in [0.15, 0.2) is 18.2 Å². The Bertz CT molecular complexity index is 1020. The van der Waals surface area contributed by atoms with Gasteiger partial charge in [0.05, 0.1) is 0 Å². The lowest BCUT2D eigenvalue weighted by Gasteiger charge is -2.27. The Morgan fingerprint density at radius 3 is 2.38 bits per heavy atom. The average molecular weight is 482 g/mol. The van der Waals surface area contributed by atoms with Crippen molar-refractivity contribution in [2.45, 2.75) is 38.2 Å². The Hall–Kier alpha value is -2.33. The maximum absolute atomic E-state index is 14.2. The van der Waals surface area contributed by atoms with E-state index in [-0.39, 0.29) is 11.9 Å². The molecule has 2 atom stereocenters. The average Bonchev–Trinajstić information content (AvgIpc) is 3.34. The highest BCUT2D eigenvalue weighted by molar-refractivity contribution is 5.65. The van der Waals surface area contributed by atoms with E-state index in [2.05, 4.69) is 20.4 Å². The molecular formula is C24H27F5N4O. The van der Waals surface area contributed by atoms with Crippen LogP contribution in [-0.4, -0.2) is 54.0 Å². The van der Waals surface area contributed by atoms with Crippen LogP contribution in [0.5, 0.6) is 0 Å². The van der Waals surface area contributed by atoms with Gasteiger partial charge in [0.2, 0.25) is 0 Å². The van der Waals surface area contributed by atoms with Gasteiger partial charge in [-0.05, 0) is 55.6 Å². The van der Waals surface area contributed by atoms with Gasteiger partial charge in [-0.25, -0.2) is 22.0 Å². The van der Waals surface area contributed by atoms with Crippen LogP contribution in [0.1, 0.15) is 37.7 Å². The predicted octanol–water partition coefficient (Wildman–Crippen LogP) is 5.05. The summed E-state index contributed by atoms with van der Waals surface area (Å²) in [7, 11) is 0. The fourth-order valence-electron chi connectivity index (χ4n) is 5.75. The molecule has 184 valence electrons. The minimum Gasteiger partial charge on any atom is -0.381 e. The number of alkyl halides is 2. The van der Waals surface area contributed by atoms with Crippen LogP contribution in [0.2, 0.25) is 0 Å². The molecule has 5 rings (SSSR count). The van der Waals surface area contributed by atoms with Crippen LogP contribution in [-0.2, 0) is 4.74 Å². The number of fused-ring (bicyclic) bond motifs is 1. The van der Waals surface area contributed by atoms with Crippen LogP contribution in [0.25, 0.3) is 11.3 Å². The number of halogens is 5. The quantitative estimate of drug-likeness (QED) is 0.462. The Balaban J connectivity index is 1.24. The number of anilines is 1. The monoisotopic (exact) mass is 482 g/mol. The summed E-state index contributed by atoms with van der Waals surface area (Å²) in [4.78, 5) is 2.54. The standard InChI is InChI=1S/C24H27F5N4O/c25-16-7-18(22(27)20(26)8-16)23-19(24(28)29)9-21(31-32-23)30-17-5-14-11-33(12-15(14)6-17)10-13-1-3-34-4-2-13/h7-9,13-15,17,24H,1-6,10-12H2,(H,30,31). The molecule has 34 heavy (non-hydrogen) atoms. The Morgan fingerprint density at radius 2 is 1.71 bits per heavy atom. The predicted molar refractivity (Wildman–Crippen MR) is 116 cm³/mol. The number of nitrogens with zero attached hydrogens (tertiary/aromatic N) is 3. The molecule has 1 aromatic heterocycles. The minimum absolute atomic E-state index is 0.0780. The van der Waals surface area contributed by atoms with Crippen LogP contribution in [0.4, 0.5) is 27.8 Å². The Labute approximate surface area is 194 Å². The van der Waals surface area contributed by atoms with E-state index in [9.17, 15) is 22.0 Å². The molecule has 1 aliphatic carbocycles. The second-order valence-corrected chi connectivity index (χ2v) is 9.69. The molecule has 2 aromatic rings. The zero-order valence-corrected chi connectivity index (χ0v) is 18.6. The highest BCUT2D eigenvalue weighted by atomic mass is 19.3. The molecule has 3 fully saturated rings. The summed E-state index contributed by atoms with van der Waals surface area (Å²) in [6.45, 7) is 4.88. The van der Waals surface area contributed by atoms with Crippen molar-refractivity contribution in [2.24, 2.45) is 17.8 Å². The molecule has 10 heteroatoms. The maximum atomic E-state index is 14.2. The number of ether oxygens (including phenoxy) is 1. The van der Waals surface area contributed by atoms with Gasteiger partial charge in [0.1, 0.15) is 17.3 Å². The largest absolute Gasteiger partial charge is 0.381 e. The van der Waals surface area contributed by atoms with E-state index < -0.39 is 40.7 Å². The first-order valence-corrected chi connectivity index (χ1v) is 11.7. The van der Waals surface area contributed by atoms with Crippen molar-refractivity contribution in [3.8, 4) is 11.3 Å². The lowest BCUT2D eigenvalue weighted by Crippen LogP contribution is -2.32. The SMILES string of the molecule is Fc1cc(F)c(F)c(-c2nnc(NC3CC4CN(CC5CCOCC5)CC4C3)cc2C(F)F)c1. The van der Waals surface area contributed by atoms with Gasteiger partial charge in [-0.2, -0.15) is 0 Å². The van der Waals surface area contributed by atoms with Gasteiger partial charge in [-0.3, -0.25) is 0 Å². The van der Waals surface area contributed by atoms with E-state index in [4.69, 9.17) is 4.74 Å². The smallest absolute Gasteiger partial charge is 0.266 e. The Kier molecular flexibility index (Phi) is 6.70. The normalized spacial score (nSPS) is 25.8. The molecule has 2 unspecified atom stereocenters. The molecule has 2 aliphatic heterocycles. The third-order valence-electron chi connectivity index (χ3n) is 7.34. The van der Waals surface area contributed by atoms with Gasteiger partial charge in [-0.15, -0.1) is 10.2 Å². The lowest BCUT2D eigenvalue weighted by molar-refractivity contribution is 0.0545. The summed E-state index contributed by atoms with van der Waals surface area (Å²) >= 11 is 0. The molecule has 0 radical (unpaired) electrons. The van der Waals surface area contributed by atoms with Crippen molar-refractivity contribution < 1.29 is 26.7 Å². The third kappa shape index (κ3) is 4.88. The first-order chi connectivity index (χ1) is 16.4. The minimum atomic E-state index is -3.02. The molecule has 1 N–H and O–H groups in total. The molecule has 0 spiro atoms. The van der Waals surface area contributed by atoms with Crippen molar-refractivity contribution in [2.75, 3.05) is 38.2 Å². The first-order valence-electron chi connectivity index (χ1n) is 11.7. The summed E-state index contributed by atoms with van der Waals surface area (Å²) in [5.41, 5.74) is -1.86. The van der Waals surface area contributed by atoms with Crippen LogP contribution >= 0.6 is 0 Å². The van der Waals surface area contributed by atoms with Crippen molar-refractivity contribution in [1.29, 1.82) is 0 Å². The molecule has 0 amide bonds. The van der Waals surface area contributed by atoms with Gasteiger partial charge in [0.15, 0.2) is 11.6 Å². The molecule has 2 saturated heterocycles. The lowest BCUT2D eigenvalue weighted by atomic mass is 10.00. The topological polar surface area (TPSA) is 50.3 Å². The van der Waals surface area contributed by atoms with Crippen LogP contribution in [0, 0.1) is 35.2 Å². The van der Waals surface area contributed by atoms with Gasteiger partial charge in [0.25, 0.3) is 6.43 Å². The second-order valence-electron chi connectivity index (χ2n) is 9.69. The van der Waals surface area contributed by atoms with Gasteiger partial charge in [-0.1, -0.05) is 0 Å². The van der Waals surface area contributed by atoms with E-state index in [1.807, 2.05) is 0 Å². The van der Waals surface area contributed by atoms with E-state index in [0.717, 1.165) is 64.6 Å². The van der Waals surface area contributed by atoms with Gasteiger partial charge >= 0.3 is 0 Å². The summed E-state index contributed by atoms with van der Waals surface area (Å²) in [6.07, 6.45) is 1.03. The Morgan fingerprint density at radius 1 is 1.00 bits per heavy atom. The first kappa shape index (κ1) is 23.4. The van der Waals surface area contributed by atoms with Crippen LogP contribution in [0.3, 0.4) is 0 Å². The van der Waals surface area contributed by atoms with Crippen molar-refractivity contribution in [3.63, 3.8) is 0 Å². The van der Waals surface area contributed by atoms with E-state index in [1.54, 1.807) is 0 Å². The van der Waals surface area contributed by atoms with Crippen LogP contribution < -0.4 is 5.32 Å². The second kappa shape index (κ2) is 9.73. The number of hydrogen-bond acceptors (Lipinski definition) is 5. The zero-order chi connectivity index (χ0) is 23.8. The summed E-state index contributed by atoms with van der Waals surface area (Å²) in [5.74, 6) is -2.05. The molecule has 3 aliphatic rings. The van der Waals surface area contributed by atoms with E-state index in [1.165, 1.54) is 0 Å². The fourth-order valence-corrected chi connectivity index (χ4v) is 5.75. The highest BCUT2D eigenvalue weighted by Crippen LogP contribution is 2.40. The summed E-state index contributed by atoms with van der Waals surface area (Å²) < 4.78 is 74.3. The molecular weight excluding hydrogens is 455 g/mol. The third-order valence-corrected chi connectivity index (χ3v) is 7.34. The number of hydrogen-bond donors (Lipinski definition) is 1. The number of nitrogens with one attached hydrogen (secondary N) is 1. The highest BCUT2D eigenvalue weighted by Gasteiger charge is 2.41. The molecule has 3 heterocycles. The maximum Gasteiger partial charge on any atom is 0.266 e. The molecule has 0 bridgehead atoms. The van der Waals surface area contributed by atoms with Crippen molar-refractivity contribution >= 4 is 5.82 Å². The molecule has 5 nitrogen and oxygen atoms in total. The van der Waals surface area contributed by atoms with E-state index >= 15 is 0 Å². The fraction of sp³-hybridized carbons (Fsp3) is 0.583. The molecule has 1 saturated carbocycles. The van der Waals surface area contributed by atoms with Gasteiger partial charge in [0, 0.05) is 56.1 Å². The molecule has 1 aromatic carbocycles. The number of rotatable bonds is 6. The summed E-state index contributed by atoms with van der Waals surface area (Å²) in [6, 6.07) is 2.17. The van der Waals surface area contributed by atoms with Crippen molar-refractivity contribution in [1.82, 2.24) is 15.1 Å². The zero-order valence-electron chi connectivity index (χ0n) is 18.6. The number of benzene rings is 1. The van der Waals surface area contributed by atoms with Gasteiger partial charge < -0.3 is 15.0 Å². The number of likely N-dealkylation sites (tertiary alicyclic amines) is 1. The summed E-state index contributed by atoms with van der Waals surface area (Å²) in [5, 5.41) is 10.8. The van der Waals surface area contributed by atoms with E-state index in [0.29, 0.717) is 29.9 Å². The number of aromatic nitrogens is 2. The van der Waals surface area contributed by atoms with Crippen molar-refractivity contribution in [3.05, 3.63) is 41.2 Å².